The van der Waals surface area contributed by atoms with Gasteiger partial charge in [0.05, 0.1) is 11.9 Å². The first-order valence-corrected chi connectivity index (χ1v) is 10.5. The van der Waals surface area contributed by atoms with Crippen molar-refractivity contribution >= 4 is 5.91 Å². The predicted octanol–water partition coefficient (Wildman–Crippen LogP) is 2.64. The Kier molecular flexibility index (Phi) is 5.87. The monoisotopic (exact) mass is 398 g/mol. The molecule has 7 heteroatoms. The predicted molar refractivity (Wildman–Crippen MR) is 111 cm³/mol. The third-order valence-corrected chi connectivity index (χ3v) is 6.03. The molecule has 2 aliphatic rings. The number of carbonyl (C=O) groups excluding carboxylic acids is 1. The molecule has 1 amide bonds. The number of piperazine rings is 1. The molecule has 0 bridgehead atoms. The number of carbonyl (C=O) groups is 1. The zero-order valence-corrected chi connectivity index (χ0v) is 17.3. The van der Waals surface area contributed by atoms with Gasteiger partial charge in [-0.2, -0.15) is 5.10 Å². The standard InChI is InChI=1S/C22H30N4O3/c1-16(2)17-3-5-19(6-4-17)26-15-20(27)21(23-26)22(28)25-11-9-24(10-12-25)18-7-13-29-14-8-18/h3-6,15-16,18,27H,7-14H2,1-2H3. The number of amides is 1. The van der Waals surface area contributed by atoms with Crippen LogP contribution in [0.5, 0.6) is 5.75 Å². The molecule has 4 rings (SSSR count). The fourth-order valence-corrected chi connectivity index (χ4v) is 4.15. The molecule has 0 spiro atoms. The molecule has 2 aromatic rings. The van der Waals surface area contributed by atoms with Gasteiger partial charge in [-0.15, -0.1) is 0 Å². The number of aromatic hydroxyl groups is 1. The number of hydrogen-bond acceptors (Lipinski definition) is 5. The van der Waals surface area contributed by atoms with Crippen LogP contribution < -0.4 is 0 Å². The maximum atomic E-state index is 12.9. The first kappa shape index (κ1) is 19.9. The Morgan fingerprint density at radius 3 is 2.38 bits per heavy atom. The number of rotatable bonds is 4. The van der Waals surface area contributed by atoms with Crippen molar-refractivity contribution in [2.45, 2.75) is 38.6 Å². The second-order valence-corrected chi connectivity index (χ2v) is 8.23. The summed E-state index contributed by atoms with van der Waals surface area (Å²) in [6.07, 6.45) is 3.64. The van der Waals surface area contributed by atoms with Crippen molar-refractivity contribution in [3.63, 3.8) is 0 Å². The first-order valence-electron chi connectivity index (χ1n) is 10.5. The van der Waals surface area contributed by atoms with Crippen molar-refractivity contribution in [1.29, 1.82) is 0 Å². The summed E-state index contributed by atoms with van der Waals surface area (Å²) in [5.74, 6) is 0.175. The van der Waals surface area contributed by atoms with Gasteiger partial charge in [-0.3, -0.25) is 9.69 Å². The molecule has 1 aromatic heterocycles. The average Bonchev–Trinajstić information content (AvgIpc) is 3.15. The normalized spacial score (nSPS) is 19.1. The Morgan fingerprint density at radius 1 is 1.10 bits per heavy atom. The summed E-state index contributed by atoms with van der Waals surface area (Å²) in [6, 6.07) is 8.58. The van der Waals surface area contributed by atoms with Crippen LogP contribution in [0.3, 0.4) is 0 Å². The molecule has 2 aliphatic heterocycles. The molecule has 3 heterocycles. The van der Waals surface area contributed by atoms with Gasteiger partial charge in [0.15, 0.2) is 11.4 Å². The molecular weight excluding hydrogens is 368 g/mol. The average molecular weight is 399 g/mol. The van der Waals surface area contributed by atoms with E-state index < -0.39 is 0 Å². The van der Waals surface area contributed by atoms with Crippen molar-refractivity contribution in [3.05, 3.63) is 41.7 Å². The number of benzene rings is 1. The molecule has 1 aromatic carbocycles. The molecule has 2 fully saturated rings. The fraction of sp³-hybridized carbons (Fsp3) is 0.545. The minimum atomic E-state index is -0.202. The lowest BCUT2D eigenvalue weighted by molar-refractivity contribution is 0.0135. The van der Waals surface area contributed by atoms with Crippen molar-refractivity contribution in [1.82, 2.24) is 19.6 Å². The van der Waals surface area contributed by atoms with Crippen LogP contribution in [0, 0.1) is 0 Å². The number of hydrogen-bond donors (Lipinski definition) is 1. The molecule has 1 N–H and O–H groups in total. The van der Waals surface area contributed by atoms with E-state index in [0.29, 0.717) is 25.0 Å². The quantitative estimate of drug-likeness (QED) is 0.857. The van der Waals surface area contributed by atoms with Crippen LogP contribution in [0.2, 0.25) is 0 Å². The molecular formula is C22H30N4O3. The van der Waals surface area contributed by atoms with E-state index in [-0.39, 0.29) is 17.4 Å². The highest BCUT2D eigenvalue weighted by Gasteiger charge is 2.30. The summed E-state index contributed by atoms with van der Waals surface area (Å²) in [7, 11) is 0. The van der Waals surface area contributed by atoms with Gasteiger partial charge in [0.1, 0.15) is 0 Å². The van der Waals surface area contributed by atoms with Crippen LogP contribution in [0.25, 0.3) is 5.69 Å². The van der Waals surface area contributed by atoms with Crippen molar-refractivity contribution in [2.75, 3.05) is 39.4 Å². The molecule has 0 aliphatic carbocycles. The van der Waals surface area contributed by atoms with Crippen LogP contribution in [-0.4, -0.2) is 76.0 Å². The highest BCUT2D eigenvalue weighted by Crippen LogP contribution is 2.23. The molecule has 0 radical (unpaired) electrons. The minimum absolute atomic E-state index is 0.0743. The van der Waals surface area contributed by atoms with Crippen LogP contribution in [-0.2, 0) is 4.74 Å². The van der Waals surface area contributed by atoms with Gasteiger partial charge >= 0.3 is 0 Å². The lowest BCUT2D eigenvalue weighted by Crippen LogP contribution is -2.53. The fourth-order valence-electron chi connectivity index (χ4n) is 4.15. The molecule has 0 unspecified atom stereocenters. The SMILES string of the molecule is CC(C)c1ccc(-n2cc(O)c(C(=O)N3CCN(C4CCOCC4)CC3)n2)cc1. The largest absolute Gasteiger partial charge is 0.504 e. The smallest absolute Gasteiger partial charge is 0.278 e. The van der Waals surface area contributed by atoms with Crippen molar-refractivity contribution in [2.24, 2.45) is 0 Å². The zero-order valence-electron chi connectivity index (χ0n) is 17.3. The summed E-state index contributed by atoms with van der Waals surface area (Å²) < 4.78 is 7.02. The van der Waals surface area contributed by atoms with Gasteiger partial charge in [0, 0.05) is 45.4 Å². The first-order chi connectivity index (χ1) is 14.0. The van der Waals surface area contributed by atoms with E-state index in [1.807, 2.05) is 12.1 Å². The highest BCUT2D eigenvalue weighted by atomic mass is 16.5. The highest BCUT2D eigenvalue weighted by molar-refractivity contribution is 5.95. The van der Waals surface area contributed by atoms with Gasteiger partial charge < -0.3 is 14.7 Å². The summed E-state index contributed by atoms with van der Waals surface area (Å²) >= 11 is 0. The molecule has 0 atom stereocenters. The van der Waals surface area contributed by atoms with E-state index in [4.69, 9.17) is 4.74 Å². The molecule has 156 valence electrons. The Hall–Kier alpha value is -2.38. The Labute approximate surface area is 171 Å². The third-order valence-electron chi connectivity index (χ3n) is 6.03. The van der Waals surface area contributed by atoms with Crippen LogP contribution in [0.15, 0.2) is 30.5 Å². The van der Waals surface area contributed by atoms with Gasteiger partial charge in [0.25, 0.3) is 5.91 Å². The topological polar surface area (TPSA) is 70.8 Å². The summed E-state index contributed by atoms with van der Waals surface area (Å²) in [5.41, 5.74) is 2.19. The lowest BCUT2D eigenvalue weighted by Gasteiger charge is -2.40. The maximum Gasteiger partial charge on any atom is 0.278 e. The van der Waals surface area contributed by atoms with Crippen LogP contribution >= 0.6 is 0 Å². The Bertz CT molecular complexity index is 832. The van der Waals surface area contributed by atoms with E-state index in [9.17, 15) is 9.90 Å². The Balaban J connectivity index is 1.41. The van der Waals surface area contributed by atoms with E-state index in [0.717, 1.165) is 44.8 Å². The van der Waals surface area contributed by atoms with E-state index in [1.165, 1.54) is 11.8 Å². The molecule has 7 nitrogen and oxygen atoms in total. The summed E-state index contributed by atoms with van der Waals surface area (Å²) in [6.45, 7) is 8.97. The minimum Gasteiger partial charge on any atom is -0.504 e. The van der Waals surface area contributed by atoms with E-state index in [2.05, 4.69) is 36.0 Å². The second-order valence-electron chi connectivity index (χ2n) is 8.23. The summed E-state index contributed by atoms with van der Waals surface area (Å²) in [4.78, 5) is 17.2. The van der Waals surface area contributed by atoms with Crippen molar-refractivity contribution in [3.8, 4) is 11.4 Å². The van der Waals surface area contributed by atoms with Gasteiger partial charge in [0.2, 0.25) is 0 Å². The second kappa shape index (κ2) is 8.55. The third kappa shape index (κ3) is 4.31. The van der Waals surface area contributed by atoms with Gasteiger partial charge in [-0.25, -0.2) is 4.68 Å². The van der Waals surface area contributed by atoms with E-state index >= 15 is 0 Å². The van der Waals surface area contributed by atoms with Crippen LogP contribution in [0.4, 0.5) is 0 Å². The van der Waals surface area contributed by atoms with Crippen LogP contribution in [0.1, 0.15) is 48.7 Å². The van der Waals surface area contributed by atoms with Gasteiger partial charge in [-0.05, 0) is 36.5 Å². The molecule has 0 saturated carbocycles. The number of nitrogens with zero attached hydrogens (tertiary/aromatic N) is 4. The lowest BCUT2D eigenvalue weighted by atomic mass is 10.0. The zero-order chi connectivity index (χ0) is 20.4. The van der Waals surface area contributed by atoms with E-state index in [1.54, 1.807) is 9.58 Å². The molecule has 29 heavy (non-hydrogen) atoms. The summed E-state index contributed by atoms with van der Waals surface area (Å²) in [5, 5.41) is 14.7. The van der Waals surface area contributed by atoms with Crippen molar-refractivity contribution < 1.29 is 14.6 Å². The number of aromatic nitrogens is 2. The maximum absolute atomic E-state index is 12.9. The number of ether oxygens (including phenoxy) is 1. The molecule has 2 saturated heterocycles. The van der Waals surface area contributed by atoms with Gasteiger partial charge in [-0.1, -0.05) is 26.0 Å². The Morgan fingerprint density at radius 2 is 1.76 bits per heavy atom.